The number of nitrogens with one attached hydrogen (secondary N) is 2. The summed E-state index contributed by atoms with van der Waals surface area (Å²) in [6.07, 6.45) is 1.60. The van der Waals surface area contributed by atoms with Gasteiger partial charge in [-0.25, -0.2) is 4.79 Å². The van der Waals surface area contributed by atoms with Crippen molar-refractivity contribution >= 4 is 28.6 Å². The molecular weight excluding hydrogens is 382 g/mol. The van der Waals surface area contributed by atoms with E-state index in [2.05, 4.69) is 10.6 Å². The summed E-state index contributed by atoms with van der Waals surface area (Å²) in [5.74, 6) is -0.272. The minimum atomic E-state index is -0.848. The third-order valence-corrected chi connectivity index (χ3v) is 4.55. The third kappa shape index (κ3) is 5.31. The number of aromatic hydroxyl groups is 1. The Balaban J connectivity index is 1.85. The second kappa shape index (κ2) is 8.49. The molecule has 2 amide bonds. The zero-order valence-electron chi connectivity index (χ0n) is 17.6. The molecule has 3 aromatic rings. The average Bonchev–Trinajstić information content (AvgIpc) is 2.97. The van der Waals surface area contributed by atoms with Gasteiger partial charge in [0.15, 0.2) is 0 Å². The average molecular weight is 409 g/mol. The third-order valence-electron chi connectivity index (χ3n) is 4.55. The van der Waals surface area contributed by atoms with Crippen molar-refractivity contribution in [3.05, 3.63) is 60.3 Å². The number of rotatable bonds is 5. The molecule has 0 saturated carbocycles. The molecule has 1 atom stereocenters. The summed E-state index contributed by atoms with van der Waals surface area (Å²) in [7, 11) is 1.94. The lowest BCUT2D eigenvalue weighted by Crippen LogP contribution is -2.47. The summed E-state index contributed by atoms with van der Waals surface area (Å²) in [4.78, 5) is 25.4. The molecule has 1 heterocycles. The first-order valence-corrected chi connectivity index (χ1v) is 9.75. The van der Waals surface area contributed by atoms with E-state index in [0.29, 0.717) is 12.1 Å². The van der Waals surface area contributed by atoms with Gasteiger partial charge >= 0.3 is 6.09 Å². The van der Waals surface area contributed by atoms with Gasteiger partial charge in [-0.15, -0.1) is 0 Å². The number of anilines is 1. The highest BCUT2D eigenvalue weighted by molar-refractivity contribution is 5.97. The smallest absolute Gasteiger partial charge is 0.408 e. The van der Waals surface area contributed by atoms with Gasteiger partial charge in [-0.2, -0.15) is 0 Å². The summed E-state index contributed by atoms with van der Waals surface area (Å²) in [5.41, 5.74) is 1.82. The molecule has 7 heteroatoms. The molecule has 0 radical (unpaired) electrons. The van der Waals surface area contributed by atoms with E-state index in [1.165, 1.54) is 12.1 Å². The van der Waals surface area contributed by atoms with Gasteiger partial charge in [0, 0.05) is 36.3 Å². The Kier molecular flexibility index (Phi) is 6.01. The number of carbonyl (C=O) groups excluding carboxylic acids is 2. The summed E-state index contributed by atoms with van der Waals surface area (Å²) in [5, 5.41) is 15.9. The number of phenolic OH excluding ortho intramolecular Hbond substituents is 1. The Bertz CT molecular complexity index is 1050. The minimum Gasteiger partial charge on any atom is -0.508 e. The number of fused-ring (bicyclic) bond motifs is 1. The van der Waals surface area contributed by atoms with Crippen LogP contribution in [0.3, 0.4) is 0 Å². The fraction of sp³-hybridized carbons (Fsp3) is 0.304. The van der Waals surface area contributed by atoms with Crippen LogP contribution in [0.15, 0.2) is 54.7 Å². The van der Waals surface area contributed by atoms with Crippen LogP contribution < -0.4 is 10.6 Å². The van der Waals surface area contributed by atoms with E-state index in [4.69, 9.17) is 4.74 Å². The van der Waals surface area contributed by atoms with Crippen LogP contribution in [-0.2, 0) is 23.0 Å². The van der Waals surface area contributed by atoms with Crippen molar-refractivity contribution in [3.8, 4) is 5.75 Å². The molecule has 0 bridgehead atoms. The van der Waals surface area contributed by atoms with E-state index >= 15 is 0 Å². The number of hydrogen-bond donors (Lipinski definition) is 3. The number of carbonyl (C=O) groups is 2. The number of hydrogen-bond acceptors (Lipinski definition) is 4. The highest BCUT2D eigenvalue weighted by Gasteiger charge is 2.26. The predicted octanol–water partition coefficient (Wildman–Crippen LogP) is 3.96. The zero-order chi connectivity index (χ0) is 21.9. The molecule has 3 N–H and O–H groups in total. The van der Waals surface area contributed by atoms with Crippen LogP contribution in [-0.4, -0.2) is 33.3 Å². The lowest BCUT2D eigenvalue weighted by Gasteiger charge is -2.23. The molecule has 0 aliphatic heterocycles. The number of aromatic nitrogens is 1. The fourth-order valence-electron chi connectivity index (χ4n) is 3.24. The van der Waals surface area contributed by atoms with Crippen molar-refractivity contribution in [1.82, 2.24) is 9.88 Å². The van der Waals surface area contributed by atoms with E-state index in [1.54, 1.807) is 32.9 Å². The normalized spacial score (nSPS) is 12.4. The first-order valence-electron chi connectivity index (χ1n) is 9.75. The molecule has 0 spiro atoms. The van der Waals surface area contributed by atoms with Gasteiger partial charge in [0.25, 0.3) is 0 Å². The summed E-state index contributed by atoms with van der Waals surface area (Å²) in [6.45, 7) is 5.30. The topological polar surface area (TPSA) is 92.6 Å². The van der Waals surface area contributed by atoms with E-state index in [1.807, 2.05) is 42.1 Å². The van der Waals surface area contributed by atoms with E-state index < -0.39 is 17.7 Å². The van der Waals surface area contributed by atoms with Crippen LogP contribution in [0, 0.1) is 0 Å². The zero-order valence-corrected chi connectivity index (χ0v) is 17.6. The van der Waals surface area contributed by atoms with Gasteiger partial charge in [0.1, 0.15) is 17.4 Å². The number of alkyl carbamates (subject to hydrolysis) is 1. The maximum absolute atomic E-state index is 13.0. The minimum absolute atomic E-state index is 0.104. The molecule has 0 aliphatic rings. The Labute approximate surface area is 175 Å². The Morgan fingerprint density at radius 3 is 2.43 bits per heavy atom. The summed E-state index contributed by atoms with van der Waals surface area (Å²) < 4.78 is 7.34. The molecule has 30 heavy (non-hydrogen) atoms. The molecule has 158 valence electrons. The molecule has 2 aromatic carbocycles. The van der Waals surface area contributed by atoms with Gasteiger partial charge in [-0.05, 0) is 56.7 Å². The van der Waals surface area contributed by atoms with E-state index in [-0.39, 0.29) is 11.7 Å². The number of ether oxygens (including phenoxy) is 1. The molecule has 0 aliphatic carbocycles. The quantitative estimate of drug-likeness (QED) is 0.556. The number of nitrogens with zero attached hydrogens (tertiary/aromatic N) is 1. The number of amides is 2. The first kappa shape index (κ1) is 21.2. The Morgan fingerprint density at radius 2 is 1.77 bits per heavy atom. The summed E-state index contributed by atoms with van der Waals surface area (Å²) in [6, 6.07) is 13.2. The molecule has 3 rings (SSSR count). The summed E-state index contributed by atoms with van der Waals surface area (Å²) >= 11 is 0. The van der Waals surface area contributed by atoms with Crippen LogP contribution in [0.5, 0.6) is 5.75 Å². The predicted molar refractivity (Wildman–Crippen MR) is 117 cm³/mol. The Hall–Kier alpha value is -3.48. The van der Waals surface area contributed by atoms with Crippen molar-refractivity contribution in [1.29, 1.82) is 0 Å². The van der Waals surface area contributed by atoms with Crippen molar-refractivity contribution in [2.75, 3.05) is 5.32 Å². The standard InChI is InChI=1S/C23H27N3O4/c1-23(2,3)30-22(29)25-19(21(28)24-16-9-11-17(27)12-10-16)13-15-14-26(4)20-8-6-5-7-18(15)20/h5-12,14,19,27H,13H2,1-4H3,(H,24,28)(H,25,29)/t19-/m1/s1. The molecule has 0 fully saturated rings. The fourth-order valence-corrected chi connectivity index (χ4v) is 3.24. The molecule has 0 saturated heterocycles. The highest BCUT2D eigenvalue weighted by atomic mass is 16.6. The number of benzene rings is 2. The molecule has 1 aromatic heterocycles. The van der Waals surface area contributed by atoms with Crippen LogP contribution in [0.4, 0.5) is 10.5 Å². The van der Waals surface area contributed by atoms with Crippen LogP contribution in [0.25, 0.3) is 10.9 Å². The molecular formula is C23H27N3O4. The first-order chi connectivity index (χ1) is 14.1. The van der Waals surface area contributed by atoms with Gasteiger partial charge in [-0.3, -0.25) is 4.79 Å². The van der Waals surface area contributed by atoms with Crippen molar-refractivity contribution in [2.45, 2.75) is 38.8 Å². The van der Waals surface area contributed by atoms with Crippen LogP contribution in [0.2, 0.25) is 0 Å². The van der Waals surface area contributed by atoms with E-state index in [0.717, 1.165) is 16.5 Å². The van der Waals surface area contributed by atoms with Gasteiger partial charge in [-0.1, -0.05) is 18.2 Å². The Morgan fingerprint density at radius 1 is 1.10 bits per heavy atom. The van der Waals surface area contributed by atoms with Gasteiger partial charge in [0.2, 0.25) is 5.91 Å². The largest absolute Gasteiger partial charge is 0.508 e. The van der Waals surface area contributed by atoms with Crippen molar-refractivity contribution in [2.24, 2.45) is 7.05 Å². The lowest BCUT2D eigenvalue weighted by atomic mass is 10.0. The molecule has 7 nitrogen and oxygen atoms in total. The maximum atomic E-state index is 13.0. The monoisotopic (exact) mass is 409 g/mol. The molecule has 0 unspecified atom stereocenters. The van der Waals surface area contributed by atoms with Gasteiger partial charge < -0.3 is 25.0 Å². The number of aryl methyl sites for hydroxylation is 1. The highest BCUT2D eigenvalue weighted by Crippen LogP contribution is 2.22. The second-order valence-electron chi connectivity index (χ2n) is 8.22. The number of phenols is 1. The maximum Gasteiger partial charge on any atom is 0.408 e. The number of para-hydroxylation sites is 1. The SMILES string of the molecule is Cn1cc(C[C@@H](NC(=O)OC(C)(C)C)C(=O)Nc2ccc(O)cc2)c2ccccc21. The van der Waals surface area contributed by atoms with Crippen LogP contribution in [0.1, 0.15) is 26.3 Å². The van der Waals surface area contributed by atoms with Gasteiger partial charge in [0.05, 0.1) is 0 Å². The second-order valence-corrected chi connectivity index (χ2v) is 8.22. The van der Waals surface area contributed by atoms with Crippen LogP contribution >= 0.6 is 0 Å². The van der Waals surface area contributed by atoms with E-state index in [9.17, 15) is 14.7 Å². The lowest BCUT2D eigenvalue weighted by molar-refractivity contribution is -0.118. The van der Waals surface area contributed by atoms with Crippen molar-refractivity contribution in [3.63, 3.8) is 0 Å². The van der Waals surface area contributed by atoms with Crippen molar-refractivity contribution < 1.29 is 19.4 Å².